The molecule has 0 atom stereocenters. The molecular formula is C21H18O5. The molecule has 0 aliphatic heterocycles. The van der Waals surface area contributed by atoms with Gasteiger partial charge in [0.2, 0.25) is 0 Å². The predicted octanol–water partition coefficient (Wildman–Crippen LogP) is 4.09. The van der Waals surface area contributed by atoms with Crippen LogP contribution in [0.3, 0.4) is 0 Å². The summed E-state index contributed by atoms with van der Waals surface area (Å²) in [6.07, 6.45) is 0. The second-order valence-electron chi connectivity index (χ2n) is 5.61. The Morgan fingerprint density at radius 2 is 1.46 bits per heavy atom. The minimum absolute atomic E-state index is 0.170. The van der Waals surface area contributed by atoms with Crippen LogP contribution in [-0.2, 0) is 9.47 Å². The molecule has 0 aromatic heterocycles. The lowest BCUT2D eigenvalue weighted by Gasteiger charge is -2.16. The van der Waals surface area contributed by atoms with Gasteiger partial charge in [0.1, 0.15) is 5.75 Å². The van der Waals surface area contributed by atoms with Crippen LogP contribution in [0.2, 0.25) is 0 Å². The molecule has 132 valence electrons. The largest absolute Gasteiger partial charge is 0.497 e. The van der Waals surface area contributed by atoms with Crippen molar-refractivity contribution in [2.75, 3.05) is 21.3 Å². The van der Waals surface area contributed by atoms with Crippen molar-refractivity contribution in [2.45, 2.75) is 0 Å². The van der Waals surface area contributed by atoms with E-state index in [1.807, 2.05) is 36.4 Å². The number of esters is 2. The van der Waals surface area contributed by atoms with E-state index in [-0.39, 0.29) is 11.1 Å². The van der Waals surface area contributed by atoms with E-state index in [9.17, 15) is 9.59 Å². The highest BCUT2D eigenvalue weighted by atomic mass is 16.5. The molecule has 0 aliphatic rings. The predicted molar refractivity (Wildman–Crippen MR) is 98.6 cm³/mol. The number of carbonyl (C=O) groups excluding carboxylic acids is 2. The average Bonchev–Trinajstić information content (AvgIpc) is 2.71. The molecule has 0 heterocycles. The summed E-state index contributed by atoms with van der Waals surface area (Å²) >= 11 is 0. The van der Waals surface area contributed by atoms with Crippen molar-refractivity contribution in [2.24, 2.45) is 0 Å². The zero-order valence-electron chi connectivity index (χ0n) is 14.7. The summed E-state index contributed by atoms with van der Waals surface area (Å²) in [6.45, 7) is 0. The van der Waals surface area contributed by atoms with E-state index in [0.29, 0.717) is 11.3 Å². The van der Waals surface area contributed by atoms with Crippen molar-refractivity contribution in [1.29, 1.82) is 0 Å². The quantitative estimate of drug-likeness (QED) is 0.663. The Morgan fingerprint density at radius 3 is 2.08 bits per heavy atom. The smallest absolute Gasteiger partial charge is 0.339 e. The van der Waals surface area contributed by atoms with Crippen LogP contribution in [0.5, 0.6) is 5.75 Å². The second kappa shape index (κ2) is 7.27. The van der Waals surface area contributed by atoms with Gasteiger partial charge in [0, 0.05) is 5.56 Å². The number of ether oxygens (including phenoxy) is 3. The molecule has 0 fully saturated rings. The molecule has 3 rings (SSSR count). The Hall–Kier alpha value is -3.34. The summed E-state index contributed by atoms with van der Waals surface area (Å²) in [5, 5.41) is 1.66. The van der Waals surface area contributed by atoms with Crippen molar-refractivity contribution in [3.05, 3.63) is 65.7 Å². The summed E-state index contributed by atoms with van der Waals surface area (Å²) in [4.78, 5) is 24.9. The van der Waals surface area contributed by atoms with Gasteiger partial charge in [-0.1, -0.05) is 36.4 Å². The maximum atomic E-state index is 12.6. The van der Waals surface area contributed by atoms with Crippen LogP contribution in [-0.4, -0.2) is 33.3 Å². The molecule has 0 bridgehead atoms. The molecular weight excluding hydrogens is 332 g/mol. The standard InChI is InChI=1S/C21H18O5/c1-24-15-10-8-13(9-11-15)18-16-7-5-4-6-14(16)12-17(20(22)25-2)19(18)21(23)26-3/h4-12H,1-3H3. The maximum Gasteiger partial charge on any atom is 0.339 e. The van der Waals surface area contributed by atoms with E-state index in [0.717, 1.165) is 16.3 Å². The fourth-order valence-corrected chi connectivity index (χ4v) is 2.99. The number of rotatable bonds is 4. The van der Waals surface area contributed by atoms with Crippen LogP contribution in [0.1, 0.15) is 20.7 Å². The van der Waals surface area contributed by atoms with E-state index in [4.69, 9.17) is 14.2 Å². The monoisotopic (exact) mass is 350 g/mol. The van der Waals surface area contributed by atoms with Gasteiger partial charge in [0.05, 0.1) is 32.5 Å². The van der Waals surface area contributed by atoms with Gasteiger partial charge in [0.25, 0.3) is 0 Å². The van der Waals surface area contributed by atoms with Crippen molar-refractivity contribution >= 4 is 22.7 Å². The maximum absolute atomic E-state index is 12.6. The molecule has 5 nitrogen and oxygen atoms in total. The molecule has 0 unspecified atom stereocenters. The van der Waals surface area contributed by atoms with E-state index >= 15 is 0 Å². The lowest BCUT2D eigenvalue weighted by Crippen LogP contribution is -2.14. The topological polar surface area (TPSA) is 61.8 Å². The third kappa shape index (κ3) is 2.99. The van der Waals surface area contributed by atoms with Gasteiger partial charge < -0.3 is 14.2 Å². The van der Waals surface area contributed by atoms with Crippen molar-refractivity contribution in [1.82, 2.24) is 0 Å². The van der Waals surface area contributed by atoms with Crippen LogP contribution in [0.4, 0.5) is 0 Å². The van der Waals surface area contributed by atoms with E-state index in [1.54, 1.807) is 25.3 Å². The van der Waals surface area contributed by atoms with Gasteiger partial charge in [0.15, 0.2) is 0 Å². The SMILES string of the molecule is COC(=O)c1cc2ccccc2c(-c2ccc(OC)cc2)c1C(=O)OC. The number of fused-ring (bicyclic) bond motifs is 1. The first-order valence-electron chi connectivity index (χ1n) is 7.97. The molecule has 0 amide bonds. The molecule has 0 aliphatic carbocycles. The lowest BCUT2D eigenvalue weighted by molar-refractivity contribution is 0.0556. The Labute approximate surface area is 151 Å². The first-order valence-corrected chi connectivity index (χ1v) is 7.97. The van der Waals surface area contributed by atoms with Crippen LogP contribution < -0.4 is 4.74 Å². The molecule has 0 N–H and O–H groups in total. The molecule has 0 spiro atoms. The molecule has 3 aromatic rings. The number of methoxy groups -OCH3 is 3. The molecule has 0 saturated heterocycles. The Kier molecular flexibility index (Phi) is 4.89. The number of hydrogen-bond acceptors (Lipinski definition) is 5. The Bertz CT molecular complexity index is 974. The molecule has 0 radical (unpaired) electrons. The van der Waals surface area contributed by atoms with E-state index in [2.05, 4.69) is 0 Å². The normalized spacial score (nSPS) is 10.4. The fourth-order valence-electron chi connectivity index (χ4n) is 2.99. The first-order chi connectivity index (χ1) is 12.6. The van der Waals surface area contributed by atoms with Crippen LogP contribution in [0.25, 0.3) is 21.9 Å². The third-order valence-corrected chi connectivity index (χ3v) is 4.22. The third-order valence-electron chi connectivity index (χ3n) is 4.22. The van der Waals surface area contributed by atoms with E-state index in [1.165, 1.54) is 14.2 Å². The van der Waals surface area contributed by atoms with E-state index < -0.39 is 11.9 Å². The van der Waals surface area contributed by atoms with Gasteiger partial charge in [-0.3, -0.25) is 0 Å². The Balaban J connectivity index is 2.42. The van der Waals surface area contributed by atoms with Gasteiger partial charge in [-0.25, -0.2) is 9.59 Å². The molecule has 3 aromatic carbocycles. The number of carbonyl (C=O) groups is 2. The number of hydrogen-bond donors (Lipinski definition) is 0. The molecule has 0 saturated carbocycles. The van der Waals surface area contributed by atoms with Gasteiger partial charge in [-0.15, -0.1) is 0 Å². The summed E-state index contributed by atoms with van der Waals surface area (Å²) in [7, 11) is 4.16. The average molecular weight is 350 g/mol. The number of benzene rings is 3. The fraction of sp³-hybridized carbons (Fsp3) is 0.143. The zero-order chi connectivity index (χ0) is 18.7. The van der Waals surface area contributed by atoms with Crippen molar-refractivity contribution in [3.63, 3.8) is 0 Å². The van der Waals surface area contributed by atoms with Gasteiger partial charge in [-0.05, 0) is 34.5 Å². The minimum atomic E-state index is -0.595. The van der Waals surface area contributed by atoms with Crippen molar-refractivity contribution in [3.8, 4) is 16.9 Å². The second-order valence-corrected chi connectivity index (χ2v) is 5.61. The van der Waals surface area contributed by atoms with Crippen LogP contribution in [0.15, 0.2) is 54.6 Å². The summed E-state index contributed by atoms with van der Waals surface area (Å²) in [6, 6.07) is 16.5. The van der Waals surface area contributed by atoms with Crippen LogP contribution >= 0.6 is 0 Å². The molecule has 5 heteroatoms. The van der Waals surface area contributed by atoms with Crippen molar-refractivity contribution < 1.29 is 23.8 Å². The zero-order valence-corrected chi connectivity index (χ0v) is 14.7. The first kappa shape index (κ1) is 17.5. The summed E-state index contributed by atoms with van der Waals surface area (Å²) in [5.41, 5.74) is 1.75. The highest BCUT2D eigenvalue weighted by Gasteiger charge is 2.25. The minimum Gasteiger partial charge on any atom is -0.497 e. The summed E-state index contributed by atoms with van der Waals surface area (Å²) < 4.78 is 15.0. The lowest BCUT2D eigenvalue weighted by atomic mass is 9.89. The van der Waals surface area contributed by atoms with Gasteiger partial charge >= 0.3 is 11.9 Å². The molecule has 26 heavy (non-hydrogen) atoms. The summed E-state index contributed by atoms with van der Waals surface area (Å²) in [5.74, 6) is -0.491. The van der Waals surface area contributed by atoms with Crippen LogP contribution in [0, 0.1) is 0 Å². The highest BCUT2D eigenvalue weighted by Crippen LogP contribution is 2.36. The van der Waals surface area contributed by atoms with Gasteiger partial charge in [-0.2, -0.15) is 0 Å². The highest BCUT2D eigenvalue weighted by molar-refractivity contribution is 6.15. The Morgan fingerprint density at radius 1 is 0.808 bits per heavy atom.